The maximum atomic E-state index is 12.3. The number of nitrogens with one attached hydrogen (secondary N) is 2. The van der Waals surface area contributed by atoms with Crippen molar-refractivity contribution in [3.05, 3.63) is 65.1 Å². The summed E-state index contributed by atoms with van der Waals surface area (Å²) in [6, 6.07) is 8.98. The molecule has 0 aliphatic heterocycles. The molecule has 1 amide bonds. The van der Waals surface area contributed by atoms with E-state index in [1.54, 1.807) is 24.5 Å². The second-order valence-electron chi connectivity index (χ2n) is 5.63. The largest absolute Gasteiger partial charge is 0.478 e. The number of aromatic carboxylic acids is 1. The number of amides is 1. The summed E-state index contributed by atoms with van der Waals surface area (Å²) in [5.74, 6) is -1.28. The lowest BCUT2D eigenvalue weighted by molar-refractivity contribution is 0.0698. The van der Waals surface area contributed by atoms with Gasteiger partial charge in [-0.15, -0.1) is 11.3 Å². The Morgan fingerprint density at radius 1 is 1.19 bits per heavy atom. The third-order valence-electron chi connectivity index (χ3n) is 3.85. The molecule has 0 fully saturated rings. The van der Waals surface area contributed by atoms with Gasteiger partial charge in [0.2, 0.25) is 0 Å². The van der Waals surface area contributed by atoms with Crippen LogP contribution >= 0.6 is 11.3 Å². The number of thiophene rings is 1. The van der Waals surface area contributed by atoms with E-state index in [0.717, 1.165) is 10.6 Å². The standard InChI is InChI=1S/C18H13N5O3S/c24-17(22-7-10-3-1-2-6-19-10)14-5-4-13(27-14)12-9-21-16-15(23-12)11(8-20-16)18(25)26/h1-6,8-9H,7H2,(H,20,21)(H,22,24)(H,25,26). The topological polar surface area (TPSA) is 121 Å². The molecule has 0 aliphatic carbocycles. The van der Waals surface area contributed by atoms with Crippen LogP contribution in [0.25, 0.3) is 21.7 Å². The summed E-state index contributed by atoms with van der Waals surface area (Å²) < 4.78 is 0. The monoisotopic (exact) mass is 379 g/mol. The molecule has 0 aromatic carbocycles. The minimum Gasteiger partial charge on any atom is -0.478 e. The van der Waals surface area contributed by atoms with E-state index in [-0.39, 0.29) is 17.0 Å². The van der Waals surface area contributed by atoms with Crippen molar-refractivity contribution in [2.24, 2.45) is 0 Å². The predicted molar refractivity (Wildman–Crippen MR) is 99.6 cm³/mol. The van der Waals surface area contributed by atoms with Crippen LogP contribution in [0.15, 0.2) is 48.9 Å². The van der Waals surface area contributed by atoms with E-state index < -0.39 is 5.97 Å². The van der Waals surface area contributed by atoms with Gasteiger partial charge >= 0.3 is 5.97 Å². The summed E-state index contributed by atoms with van der Waals surface area (Å²) in [6.07, 6.45) is 4.58. The molecule has 0 saturated heterocycles. The van der Waals surface area contributed by atoms with Crippen molar-refractivity contribution in [1.29, 1.82) is 0 Å². The fraction of sp³-hybridized carbons (Fsp3) is 0.0556. The fourth-order valence-electron chi connectivity index (χ4n) is 2.53. The highest BCUT2D eigenvalue weighted by molar-refractivity contribution is 7.17. The van der Waals surface area contributed by atoms with Gasteiger partial charge in [-0.1, -0.05) is 6.07 Å². The number of aromatic amines is 1. The van der Waals surface area contributed by atoms with Gasteiger partial charge in [0.05, 0.1) is 33.9 Å². The number of hydrogen-bond donors (Lipinski definition) is 3. The fourth-order valence-corrected chi connectivity index (χ4v) is 3.41. The number of H-pyrrole nitrogens is 1. The van der Waals surface area contributed by atoms with Gasteiger partial charge in [0.15, 0.2) is 5.65 Å². The van der Waals surface area contributed by atoms with Crippen molar-refractivity contribution >= 4 is 34.4 Å². The molecule has 9 heteroatoms. The number of nitrogens with zero attached hydrogens (tertiary/aromatic N) is 3. The lowest BCUT2D eigenvalue weighted by atomic mass is 10.3. The molecule has 0 saturated carbocycles. The van der Waals surface area contributed by atoms with Gasteiger partial charge in [-0.2, -0.15) is 0 Å². The van der Waals surface area contributed by atoms with Crippen molar-refractivity contribution in [3.8, 4) is 10.6 Å². The minimum absolute atomic E-state index is 0.0595. The average Bonchev–Trinajstić information content (AvgIpc) is 3.33. The Kier molecular flexibility index (Phi) is 4.35. The van der Waals surface area contributed by atoms with Crippen molar-refractivity contribution in [1.82, 2.24) is 25.3 Å². The molecule has 3 N–H and O–H groups in total. The van der Waals surface area contributed by atoms with E-state index in [2.05, 4.69) is 25.3 Å². The lowest BCUT2D eigenvalue weighted by Gasteiger charge is -2.02. The lowest BCUT2D eigenvalue weighted by Crippen LogP contribution is -2.22. The maximum Gasteiger partial charge on any atom is 0.339 e. The Hall–Kier alpha value is -3.59. The summed E-state index contributed by atoms with van der Waals surface area (Å²) in [4.78, 5) is 40.4. The van der Waals surface area contributed by atoms with E-state index >= 15 is 0 Å². The zero-order chi connectivity index (χ0) is 18.8. The van der Waals surface area contributed by atoms with E-state index in [1.807, 2.05) is 18.2 Å². The number of aromatic nitrogens is 4. The van der Waals surface area contributed by atoms with Gasteiger partial charge in [-0.05, 0) is 24.3 Å². The number of hydrogen-bond acceptors (Lipinski definition) is 6. The maximum absolute atomic E-state index is 12.3. The van der Waals surface area contributed by atoms with E-state index in [1.165, 1.54) is 17.5 Å². The zero-order valence-corrected chi connectivity index (χ0v) is 14.7. The van der Waals surface area contributed by atoms with Crippen LogP contribution in [-0.2, 0) is 6.54 Å². The Balaban J connectivity index is 1.55. The highest BCUT2D eigenvalue weighted by Gasteiger charge is 2.16. The van der Waals surface area contributed by atoms with Crippen molar-refractivity contribution < 1.29 is 14.7 Å². The van der Waals surface area contributed by atoms with Gasteiger partial charge in [0.25, 0.3) is 5.91 Å². The first-order valence-electron chi connectivity index (χ1n) is 7.97. The van der Waals surface area contributed by atoms with Gasteiger partial charge in [-0.3, -0.25) is 9.78 Å². The van der Waals surface area contributed by atoms with Crippen molar-refractivity contribution in [3.63, 3.8) is 0 Å². The summed E-state index contributed by atoms with van der Waals surface area (Å²) in [7, 11) is 0. The highest BCUT2D eigenvalue weighted by Crippen LogP contribution is 2.28. The minimum atomic E-state index is -1.08. The summed E-state index contributed by atoms with van der Waals surface area (Å²) in [5, 5.41) is 12.0. The van der Waals surface area contributed by atoms with Crippen LogP contribution in [0, 0.1) is 0 Å². The van der Waals surface area contributed by atoms with E-state index in [4.69, 9.17) is 0 Å². The van der Waals surface area contributed by atoms with Crippen molar-refractivity contribution in [2.45, 2.75) is 6.54 Å². The van der Waals surface area contributed by atoms with E-state index in [0.29, 0.717) is 22.8 Å². The van der Waals surface area contributed by atoms with Gasteiger partial charge in [0, 0.05) is 12.4 Å². The number of pyridine rings is 1. The third kappa shape index (κ3) is 3.40. The molecule has 27 heavy (non-hydrogen) atoms. The molecule has 4 aromatic heterocycles. The molecule has 0 spiro atoms. The molecule has 0 aliphatic rings. The SMILES string of the molecule is O=C(NCc1ccccn1)c1ccc(-c2cnc3[nH]cc(C(=O)O)c3n2)s1. The number of rotatable bonds is 5. The number of fused-ring (bicyclic) bond motifs is 1. The summed E-state index contributed by atoms with van der Waals surface area (Å²) in [5.41, 5.74) is 2.03. The smallest absolute Gasteiger partial charge is 0.339 e. The summed E-state index contributed by atoms with van der Waals surface area (Å²) in [6.45, 7) is 0.337. The third-order valence-corrected chi connectivity index (χ3v) is 4.96. The van der Waals surface area contributed by atoms with Gasteiger partial charge < -0.3 is 15.4 Å². The molecule has 8 nitrogen and oxygen atoms in total. The van der Waals surface area contributed by atoms with Crippen LogP contribution in [0.4, 0.5) is 0 Å². The Morgan fingerprint density at radius 3 is 2.85 bits per heavy atom. The number of carbonyl (C=O) groups is 2. The average molecular weight is 379 g/mol. The molecule has 0 radical (unpaired) electrons. The molecular weight excluding hydrogens is 366 g/mol. The molecular formula is C18H13N5O3S. The van der Waals surface area contributed by atoms with Crippen LogP contribution < -0.4 is 5.32 Å². The molecule has 134 valence electrons. The van der Waals surface area contributed by atoms with Crippen molar-refractivity contribution in [2.75, 3.05) is 0 Å². The van der Waals surface area contributed by atoms with Crippen LogP contribution in [-0.4, -0.2) is 36.9 Å². The van der Waals surface area contributed by atoms with Gasteiger partial charge in [0.1, 0.15) is 11.1 Å². The molecule has 4 heterocycles. The Labute approximate surface area is 156 Å². The van der Waals surface area contributed by atoms with Gasteiger partial charge in [-0.25, -0.2) is 14.8 Å². The number of carbonyl (C=O) groups excluding carboxylic acids is 1. The molecule has 0 atom stereocenters. The first kappa shape index (κ1) is 16.9. The van der Waals surface area contributed by atoms with Crippen LogP contribution in [0.5, 0.6) is 0 Å². The summed E-state index contributed by atoms with van der Waals surface area (Å²) >= 11 is 1.26. The molecule has 4 aromatic rings. The normalized spacial score (nSPS) is 10.8. The Morgan fingerprint density at radius 2 is 2.07 bits per heavy atom. The molecule has 0 bridgehead atoms. The number of carboxylic acids is 1. The second-order valence-corrected chi connectivity index (χ2v) is 6.71. The molecule has 0 unspecified atom stereocenters. The highest BCUT2D eigenvalue weighted by atomic mass is 32.1. The Bertz CT molecular complexity index is 1140. The van der Waals surface area contributed by atoms with Crippen LogP contribution in [0.1, 0.15) is 25.7 Å². The van der Waals surface area contributed by atoms with Crippen LogP contribution in [0.2, 0.25) is 0 Å². The predicted octanol–water partition coefficient (Wildman–Crippen LogP) is 2.71. The van der Waals surface area contributed by atoms with Crippen LogP contribution in [0.3, 0.4) is 0 Å². The number of carboxylic acid groups (broad SMARTS) is 1. The second kappa shape index (κ2) is 6.96. The zero-order valence-electron chi connectivity index (χ0n) is 13.8. The first-order valence-corrected chi connectivity index (χ1v) is 8.79. The first-order chi connectivity index (χ1) is 13.1. The quantitative estimate of drug-likeness (QED) is 0.490. The van der Waals surface area contributed by atoms with E-state index in [9.17, 15) is 14.7 Å². The molecule has 4 rings (SSSR count).